The highest BCUT2D eigenvalue weighted by atomic mass is 35.5. The van der Waals surface area contributed by atoms with Gasteiger partial charge < -0.3 is 19.7 Å². The minimum Gasteiger partial charge on any atom is -0.467 e. The van der Waals surface area contributed by atoms with Gasteiger partial charge in [0.25, 0.3) is 11.5 Å². The number of halogens is 1. The minimum atomic E-state index is -0.414. The fourth-order valence-corrected chi connectivity index (χ4v) is 6.01. The first-order valence-electron chi connectivity index (χ1n) is 12.1. The third-order valence-corrected chi connectivity index (χ3v) is 7.97. The van der Waals surface area contributed by atoms with E-state index in [1.165, 1.54) is 11.3 Å². The number of anilines is 1. The molecule has 9 heteroatoms. The van der Waals surface area contributed by atoms with E-state index < -0.39 is 6.10 Å². The Balaban J connectivity index is 1.65. The molecule has 2 aliphatic heterocycles. The number of rotatable bonds is 7. The lowest BCUT2D eigenvalue weighted by Crippen LogP contribution is -2.35. The fourth-order valence-electron chi connectivity index (χ4n) is 4.65. The molecule has 0 aliphatic carbocycles. The van der Waals surface area contributed by atoms with Crippen molar-refractivity contribution < 1.29 is 14.3 Å². The van der Waals surface area contributed by atoms with Crippen LogP contribution < -0.4 is 24.8 Å². The van der Waals surface area contributed by atoms with Crippen molar-refractivity contribution in [2.24, 2.45) is 0 Å². The maximum Gasteiger partial charge on any atom is 0.268 e. The van der Waals surface area contributed by atoms with Gasteiger partial charge in [0.1, 0.15) is 16.5 Å². The molecule has 1 atom stereocenters. The van der Waals surface area contributed by atoms with Gasteiger partial charge in [0.2, 0.25) is 0 Å². The summed E-state index contributed by atoms with van der Waals surface area (Å²) in [5.74, 6) is 0.514. The highest BCUT2D eigenvalue weighted by Gasteiger charge is 2.28. The SMILES string of the molecule is CCN(CC)CCCn1c(=O)/c(=C\C2OCOc3ccccc32)s/c1=C1/C(=O)Nc2ccc(Cl)cc21. The normalized spacial score (nSPS) is 18.7. The quantitative estimate of drug-likeness (QED) is 0.512. The minimum absolute atomic E-state index is 0.111. The van der Waals surface area contributed by atoms with Gasteiger partial charge in [-0.2, -0.15) is 0 Å². The number of para-hydroxylation sites is 1. The maximum absolute atomic E-state index is 13.7. The largest absolute Gasteiger partial charge is 0.467 e. The van der Waals surface area contributed by atoms with Crippen LogP contribution in [0.25, 0.3) is 11.6 Å². The number of carbonyl (C=O) groups excluding carboxylic acids is 1. The number of hydrogen-bond donors (Lipinski definition) is 1. The average molecular weight is 526 g/mol. The zero-order valence-electron chi connectivity index (χ0n) is 20.3. The molecule has 36 heavy (non-hydrogen) atoms. The molecule has 188 valence electrons. The van der Waals surface area contributed by atoms with Crippen LogP contribution in [0.1, 0.15) is 37.5 Å². The van der Waals surface area contributed by atoms with Crippen LogP contribution in [0.15, 0.2) is 47.3 Å². The van der Waals surface area contributed by atoms with E-state index in [9.17, 15) is 9.59 Å². The smallest absolute Gasteiger partial charge is 0.268 e. The molecular formula is C27H28ClN3O4S. The molecule has 0 radical (unpaired) electrons. The predicted molar refractivity (Wildman–Crippen MR) is 143 cm³/mol. The van der Waals surface area contributed by atoms with E-state index in [-0.39, 0.29) is 18.3 Å². The Bertz CT molecular complexity index is 1470. The summed E-state index contributed by atoms with van der Waals surface area (Å²) in [5, 5.41) is 3.45. The summed E-state index contributed by atoms with van der Waals surface area (Å²) in [5.41, 5.74) is 2.63. The van der Waals surface area contributed by atoms with Crippen molar-refractivity contribution in [3.63, 3.8) is 0 Å². The zero-order chi connectivity index (χ0) is 25.2. The third-order valence-electron chi connectivity index (χ3n) is 6.59. The first-order chi connectivity index (χ1) is 17.5. The number of hydrogen-bond acceptors (Lipinski definition) is 6. The third kappa shape index (κ3) is 4.74. The van der Waals surface area contributed by atoms with E-state index >= 15 is 0 Å². The van der Waals surface area contributed by atoms with Crippen molar-refractivity contribution in [1.82, 2.24) is 9.47 Å². The van der Waals surface area contributed by atoms with Gasteiger partial charge in [0.15, 0.2) is 6.79 Å². The molecule has 2 aliphatic rings. The van der Waals surface area contributed by atoms with Crippen molar-refractivity contribution in [3.8, 4) is 5.75 Å². The van der Waals surface area contributed by atoms with Crippen LogP contribution in [-0.2, 0) is 16.1 Å². The molecule has 0 spiro atoms. The van der Waals surface area contributed by atoms with Gasteiger partial charge in [-0.25, -0.2) is 0 Å². The second-order valence-corrected chi connectivity index (χ2v) is 10.1. The van der Waals surface area contributed by atoms with E-state index in [0.717, 1.165) is 37.4 Å². The summed E-state index contributed by atoms with van der Waals surface area (Å²) >= 11 is 7.58. The zero-order valence-corrected chi connectivity index (χ0v) is 21.8. The average Bonchev–Trinajstić information content (AvgIpc) is 3.36. The topological polar surface area (TPSA) is 72.8 Å². The lowest BCUT2D eigenvalue weighted by atomic mass is 10.1. The van der Waals surface area contributed by atoms with Crippen molar-refractivity contribution in [2.75, 3.05) is 31.7 Å². The molecule has 0 saturated carbocycles. The molecule has 1 aromatic heterocycles. The van der Waals surface area contributed by atoms with Crippen LogP contribution in [0.4, 0.5) is 5.69 Å². The molecule has 0 bridgehead atoms. The van der Waals surface area contributed by atoms with Crippen molar-refractivity contribution in [2.45, 2.75) is 32.9 Å². The molecule has 0 saturated heterocycles. The molecule has 3 heterocycles. The molecule has 7 nitrogen and oxygen atoms in total. The van der Waals surface area contributed by atoms with Gasteiger partial charge in [0.05, 0.1) is 10.1 Å². The highest BCUT2D eigenvalue weighted by molar-refractivity contribution is 7.07. The summed E-state index contributed by atoms with van der Waals surface area (Å²) in [6.07, 6.45) is 2.21. The number of ether oxygens (including phenoxy) is 2. The van der Waals surface area contributed by atoms with Gasteiger partial charge in [-0.1, -0.05) is 43.6 Å². The summed E-state index contributed by atoms with van der Waals surface area (Å²) < 4.78 is 14.3. The summed E-state index contributed by atoms with van der Waals surface area (Å²) in [6.45, 7) is 7.65. The second kappa shape index (κ2) is 10.6. The lowest BCUT2D eigenvalue weighted by Gasteiger charge is -2.23. The van der Waals surface area contributed by atoms with Gasteiger partial charge in [-0.3, -0.25) is 14.2 Å². The number of benzene rings is 2. The van der Waals surface area contributed by atoms with E-state index in [1.54, 1.807) is 22.8 Å². The van der Waals surface area contributed by atoms with Crippen LogP contribution in [0.3, 0.4) is 0 Å². The maximum atomic E-state index is 13.7. The molecule has 2 aromatic carbocycles. The Morgan fingerprint density at radius 1 is 1.19 bits per heavy atom. The number of aromatic nitrogens is 1. The standard InChI is InChI=1S/C27H28ClN3O4S/c1-3-30(4-2)12-7-13-31-26(33)23(15-22-18-8-5-6-9-21(18)34-16-35-22)36-27(31)24-19-14-17(28)10-11-20(19)29-25(24)32/h5-6,8-11,14-15,22H,3-4,7,12-13,16H2,1-2H3,(H,29,32)/b23-15+,27-24+. The van der Waals surface area contributed by atoms with Crippen LogP contribution >= 0.6 is 22.9 Å². The Kier molecular flexibility index (Phi) is 7.29. The van der Waals surface area contributed by atoms with Gasteiger partial charge in [-0.05, 0) is 56.4 Å². The second-order valence-electron chi connectivity index (χ2n) is 8.68. The van der Waals surface area contributed by atoms with Gasteiger partial charge >= 0.3 is 0 Å². The van der Waals surface area contributed by atoms with Crippen molar-refractivity contribution in [1.29, 1.82) is 0 Å². The van der Waals surface area contributed by atoms with Crippen LogP contribution in [0.2, 0.25) is 5.02 Å². The Morgan fingerprint density at radius 3 is 2.81 bits per heavy atom. The molecule has 1 N–H and O–H groups in total. The van der Waals surface area contributed by atoms with Crippen LogP contribution in [0, 0.1) is 0 Å². The summed E-state index contributed by atoms with van der Waals surface area (Å²) in [7, 11) is 0. The van der Waals surface area contributed by atoms with Gasteiger partial charge in [-0.15, -0.1) is 11.3 Å². The molecule has 3 aromatic rings. The summed E-state index contributed by atoms with van der Waals surface area (Å²) in [4.78, 5) is 29.1. The first kappa shape index (κ1) is 24.8. The number of nitrogens with zero attached hydrogens (tertiary/aromatic N) is 2. The molecular weight excluding hydrogens is 498 g/mol. The molecule has 1 amide bonds. The number of fused-ring (bicyclic) bond motifs is 2. The predicted octanol–water partition coefficient (Wildman–Crippen LogP) is 3.33. The monoisotopic (exact) mass is 525 g/mol. The number of carbonyl (C=O) groups is 1. The number of thiazole rings is 1. The molecule has 1 unspecified atom stereocenters. The number of amides is 1. The van der Waals surface area contributed by atoms with Crippen molar-refractivity contribution in [3.05, 3.63) is 78.2 Å². The first-order valence-corrected chi connectivity index (χ1v) is 13.3. The number of nitrogens with one attached hydrogen (secondary N) is 1. The molecule has 0 fully saturated rings. The highest BCUT2D eigenvalue weighted by Crippen LogP contribution is 2.33. The summed E-state index contributed by atoms with van der Waals surface area (Å²) in [6, 6.07) is 13.0. The van der Waals surface area contributed by atoms with E-state index in [4.69, 9.17) is 21.1 Å². The molecule has 5 rings (SSSR count). The Morgan fingerprint density at radius 2 is 2.00 bits per heavy atom. The Hall–Kier alpha value is -2.91. The fraction of sp³-hybridized carbons (Fsp3) is 0.333. The van der Waals surface area contributed by atoms with Gasteiger partial charge in [0, 0.05) is 28.4 Å². The van der Waals surface area contributed by atoms with E-state index in [1.807, 2.05) is 30.3 Å². The Labute approximate surface area is 218 Å². The van der Waals surface area contributed by atoms with E-state index in [2.05, 4.69) is 24.1 Å². The van der Waals surface area contributed by atoms with E-state index in [0.29, 0.717) is 37.6 Å². The van der Waals surface area contributed by atoms with Crippen LogP contribution in [-0.4, -0.2) is 41.8 Å². The van der Waals surface area contributed by atoms with Crippen molar-refractivity contribution >= 4 is 46.2 Å². The lowest BCUT2D eigenvalue weighted by molar-refractivity contribution is -0.110. The van der Waals surface area contributed by atoms with Crippen LogP contribution in [0.5, 0.6) is 5.75 Å².